The Hall–Kier alpha value is -3.62. The highest BCUT2D eigenvalue weighted by Crippen LogP contribution is 2.28. The number of ether oxygens (including phenoxy) is 2. The van der Waals surface area contributed by atoms with Gasteiger partial charge in [-0.3, -0.25) is 9.59 Å². The van der Waals surface area contributed by atoms with Crippen LogP contribution in [0.1, 0.15) is 19.4 Å². The summed E-state index contributed by atoms with van der Waals surface area (Å²) in [6.07, 6.45) is 6.05. The summed E-state index contributed by atoms with van der Waals surface area (Å²) in [5.41, 5.74) is 0.805. The smallest absolute Gasteiger partial charge is 0.271 e. The maximum absolute atomic E-state index is 12.6. The molecule has 9 nitrogen and oxygen atoms in total. The van der Waals surface area contributed by atoms with E-state index in [2.05, 4.69) is 15.4 Å². The first kappa shape index (κ1) is 21.1. The number of carbonyl (C=O) groups excluding carboxylic acids is 1. The van der Waals surface area contributed by atoms with Gasteiger partial charge in [0, 0.05) is 37.1 Å². The van der Waals surface area contributed by atoms with Crippen LogP contribution in [-0.4, -0.2) is 46.0 Å². The van der Waals surface area contributed by atoms with Gasteiger partial charge < -0.3 is 19.4 Å². The Kier molecular flexibility index (Phi) is 6.84. The Labute approximate surface area is 174 Å². The van der Waals surface area contributed by atoms with E-state index < -0.39 is 11.6 Å². The number of carbonyl (C=O) groups is 1. The van der Waals surface area contributed by atoms with Crippen LogP contribution < -0.4 is 20.3 Å². The lowest BCUT2D eigenvalue weighted by atomic mass is 10.1. The number of nitrogens with zero attached hydrogens (tertiary/aromatic N) is 4. The number of aryl methyl sites for hydroxylation is 1. The van der Waals surface area contributed by atoms with Crippen molar-refractivity contribution in [2.75, 3.05) is 20.8 Å². The van der Waals surface area contributed by atoms with Gasteiger partial charge in [-0.2, -0.15) is 5.10 Å². The van der Waals surface area contributed by atoms with Gasteiger partial charge in [-0.25, -0.2) is 9.67 Å². The average Bonchev–Trinajstić information content (AvgIpc) is 3.29. The van der Waals surface area contributed by atoms with Crippen LogP contribution in [0.15, 0.2) is 53.8 Å². The van der Waals surface area contributed by atoms with E-state index in [1.165, 1.54) is 17.9 Å². The summed E-state index contributed by atoms with van der Waals surface area (Å²) in [4.78, 5) is 29.1. The second-order valence-electron chi connectivity index (χ2n) is 6.69. The summed E-state index contributed by atoms with van der Waals surface area (Å²) in [5.74, 6) is 0.768. The zero-order chi connectivity index (χ0) is 21.5. The van der Waals surface area contributed by atoms with E-state index in [0.29, 0.717) is 23.7 Å². The molecule has 3 rings (SSSR count). The third kappa shape index (κ3) is 4.86. The van der Waals surface area contributed by atoms with Crippen molar-refractivity contribution >= 4 is 5.91 Å². The van der Waals surface area contributed by atoms with Crippen molar-refractivity contribution in [3.8, 4) is 22.8 Å². The number of nitrogens with one attached hydrogen (secondary N) is 1. The van der Waals surface area contributed by atoms with Crippen LogP contribution in [0.2, 0.25) is 0 Å². The molecule has 0 spiro atoms. The topological polar surface area (TPSA) is 100 Å². The van der Waals surface area contributed by atoms with Crippen molar-refractivity contribution < 1.29 is 14.3 Å². The molecule has 0 aliphatic rings. The summed E-state index contributed by atoms with van der Waals surface area (Å²) < 4.78 is 13.6. The molecule has 0 saturated carbocycles. The van der Waals surface area contributed by atoms with Crippen LogP contribution in [0.3, 0.4) is 0 Å². The molecular weight excluding hydrogens is 386 g/mol. The minimum atomic E-state index is -0.770. The fourth-order valence-electron chi connectivity index (χ4n) is 2.99. The third-order valence-electron chi connectivity index (χ3n) is 4.70. The summed E-state index contributed by atoms with van der Waals surface area (Å²) in [6, 6.07) is 7.80. The van der Waals surface area contributed by atoms with Gasteiger partial charge in [-0.05, 0) is 37.6 Å². The van der Waals surface area contributed by atoms with Crippen molar-refractivity contribution in [1.82, 2.24) is 24.6 Å². The fourth-order valence-corrected chi connectivity index (χ4v) is 2.99. The zero-order valence-corrected chi connectivity index (χ0v) is 17.2. The Bertz CT molecular complexity index is 1030. The molecule has 1 atom stereocenters. The van der Waals surface area contributed by atoms with Crippen LogP contribution in [0.25, 0.3) is 11.3 Å². The molecule has 0 aliphatic carbocycles. The molecule has 2 heterocycles. The van der Waals surface area contributed by atoms with Crippen LogP contribution >= 0.6 is 0 Å². The second-order valence-corrected chi connectivity index (χ2v) is 6.69. The van der Waals surface area contributed by atoms with E-state index in [9.17, 15) is 9.59 Å². The van der Waals surface area contributed by atoms with Crippen LogP contribution in [0.4, 0.5) is 0 Å². The number of methoxy groups -OCH3 is 2. The molecule has 0 fully saturated rings. The van der Waals surface area contributed by atoms with Gasteiger partial charge in [-0.15, -0.1) is 0 Å². The lowest BCUT2D eigenvalue weighted by molar-refractivity contribution is -0.124. The van der Waals surface area contributed by atoms with E-state index in [0.717, 1.165) is 18.5 Å². The van der Waals surface area contributed by atoms with Crippen LogP contribution in [0, 0.1) is 0 Å². The van der Waals surface area contributed by atoms with Crippen molar-refractivity contribution in [1.29, 1.82) is 0 Å². The normalized spacial score (nSPS) is 11.7. The van der Waals surface area contributed by atoms with Crippen molar-refractivity contribution in [3.05, 3.63) is 59.4 Å². The molecule has 0 radical (unpaired) electrons. The maximum Gasteiger partial charge on any atom is 0.271 e. The molecule has 158 valence electrons. The van der Waals surface area contributed by atoms with E-state index in [1.807, 2.05) is 22.9 Å². The molecule has 1 amide bonds. The molecule has 1 N–H and O–H groups in total. The minimum absolute atomic E-state index is 0.277. The summed E-state index contributed by atoms with van der Waals surface area (Å²) in [7, 11) is 3.06. The Morgan fingerprint density at radius 3 is 2.60 bits per heavy atom. The monoisotopic (exact) mass is 411 g/mol. The highest BCUT2D eigenvalue weighted by molar-refractivity contribution is 5.79. The molecule has 0 unspecified atom stereocenters. The van der Waals surface area contributed by atoms with Gasteiger partial charge in [0.2, 0.25) is 5.91 Å². The molecule has 30 heavy (non-hydrogen) atoms. The summed E-state index contributed by atoms with van der Waals surface area (Å²) >= 11 is 0. The lowest BCUT2D eigenvalue weighted by Crippen LogP contribution is -2.37. The van der Waals surface area contributed by atoms with E-state index >= 15 is 0 Å². The van der Waals surface area contributed by atoms with Gasteiger partial charge in [0.25, 0.3) is 5.56 Å². The van der Waals surface area contributed by atoms with Crippen LogP contribution in [0.5, 0.6) is 11.5 Å². The SMILES string of the molecule is COc1ccc(-c2nn([C@H](C)C(=O)NCCCn3ccnc3)c(=O)cc2OC)cc1. The fraction of sp³-hybridized carbons (Fsp3) is 0.333. The van der Waals surface area contributed by atoms with E-state index in [4.69, 9.17) is 9.47 Å². The highest BCUT2D eigenvalue weighted by atomic mass is 16.5. The molecule has 0 saturated heterocycles. The molecule has 9 heteroatoms. The van der Waals surface area contributed by atoms with Gasteiger partial charge in [0.15, 0.2) is 5.75 Å². The average molecular weight is 411 g/mol. The van der Waals surface area contributed by atoms with Crippen LogP contribution in [-0.2, 0) is 11.3 Å². The largest absolute Gasteiger partial charge is 0.497 e. The first-order valence-electron chi connectivity index (χ1n) is 9.59. The number of hydrogen-bond acceptors (Lipinski definition) is 6. The minimum Gasteiger partial charge on any atom is -0.497 e. The van der Waals surface area contributed by atoms with E-state index in [-0.39, 0.29) is 5.91 Å². The number of hydrogen-bond donors (Lipinski definition) is 1. The third-order valence-corrected chi connectivity index (χ3v) is 4.70. The summed E-state index contributed by atoms with van der Waals surface area (Å²) in [6.45, 7) is 2.87. The van der Waals surface area contributed by atoms with Crippen molar-refractivity contribution in [3.63, 3.8) is 0 Å². The van der Waals surface area contributed by atoms with Crippen molar-refractivity contribution in [2.24, 2.45) is 0 Å². The van der Waals surface area contributed by atoms with Gasteiger partial charge in [0.05, 0.1) is 20.5 Å². The molecule has 0 aliphatic heterocycles. The van der Waals surface area contributed by atoms with Gasteiger partial charge in [-0.1, -0.05) is 0 Å². The molecule has 3 aromatic rings. The molecule has 2 aromatic heterocycles. The van der Waals surface area contributed by atoms with Gasteiger partial charge >= 0.3 is 0 Å². The zero-order valence-electron chi connectivity index (χ0n) is 17.2. The maximum atomic E-state index is 12.6. The Morgan fingerprint density at radius 1 is 1.20 bits per heavy atom. The molecule has 0 bridgehead atoms. The summed E-state index contributed by atoms with van der Waals surface area (Å²) in [5, 5.41) is 7.28. The molecule has 1 aromatic carbocycles. The Balaban J connectivity index is 1.74. The predicted molar refractivity (Wildman–Crippen MR) is 112 cm³/mol. The standard InChI is InChI=1S/C21H25N5O4/c1-15(21(28)23-9-4-11-25-12-10-22-14-25)26-19(27)13-18(30-3)20(24-26)16-5-7-17(29-2)8-6-16/h5-8,10,12-15H,4,9,11H2,1-3H3,(H,23,28)/t15-/m1/s1. The lowest BCUT2D eigenvalue weighted by Gasteiger charge is -2.17. The number of rotatable bonds is 9. The van der Waals surface area contributed by atoms with Crippen molar-refractivity contribution in [2.45, 2.75) is 25.9 Å². The highest BCUT2D eigenvalue weighted by Gasteiger charge is 2.20. The predicted octanol–water partition coefficient (Wildman–Crippen LogP) is 1.89. The van der Waals surface area contributed by atoms with Gasteiger partial charge in [0.1, 0.15) is 17.5 Å². The first-order valence-corrected chi connectivity index (χ1v) is 9.59. The number of amides is 1. The molecular formula is C21H25N5O4. The quantitative estimate of drug-likeness (QED) is 0.540. The second kappa shape index (κ2) is 9.73. The van der Waals surface area contributed by atoms with E-state index in [1.54, 1.807) is 38.7 Å². The number of benzene rings is 1. The number of imidazole rings is 1. The number of aromatic nitrogens is 4. The Morgan fingerprint density at radius 2 is 1.97 bits per heavy atom. The first-order chi connectivity index (χ1) is 14.5.